The van der Waals surface area contributed by atoms with Gasteiger partial charge >= 0.3 is 0 Å². The second-order valence-corrected chi connectivity index (χ2v) is 10.2. The molecule has 0 N–H and O–H groups in total. The molecule has 6 nitrogen and oxygen atoms in total. The standard InChI is InChI=1S/C23H20N2O4S/c26-30(27)22-6-4-16(17-2-1-7-24-10-17)9-18(22)19-12-25(13-23(19)30)11-15-3-5-20-21(8-15)29-14-28-20/h1-10,19,23H,11-14H2/t19-,23-/m0/s1. The molecule has 2 aromatic carbocycles. The summed E-state index contributed by atoms with van der Waals surface area (Å²) in [6.45, 7) is 2.21. The molecule has 0 saturated carbocycles. The SMILES string of the molecule is O=S1(=O)c2ccc(-c3cccnc3)cc2[C@@H]2CN(Cc3ccc4c(c3)OCO4)C[C@@H]21. The number of pyridine rings is 1. The first kappa shape index (κ1) is 17.9. The van der Waals surface area contributed by atoms with Crippen LogP contribution in [-0.2, 0) is 16.4 Å². The van der Waals surface area contributed by atoms with Crippen molar-refractivity contribution in [2.24, 2.45) is 0 Å². The van der Waals surface area contributed by atoms with Crippen LogP contribution in [0.2, 0.25) is 0 Å². The predicted octanol–water partition coefficient (Wildman–Crippen LogP) is 3.23. The minimum absolute atomic E-state index is 0.00404. The second kappa shape index (κ2) is 6.55. The lowest BCUT2D eigenvalue weighted by Crippen LogP contribution is -2.25. The number of nitrogens with zero attached hydrogens (tertiary/aromatic N) is 2. The quantitative estimate of drug-likeness (QED) is 0.648. The minimum atomic E-state index is -3.32. The van der Waals surface area contributed by atoms with Crippen molar-refractivity contribution in [2.75, 3.05) is 19.9 Å². The molecule has 1 aromatic heterocycles. The highest BCUT2D eigenvalue weighted by Crippen LogP contribution is 2.46. The van der Waals surface area contributed by atoms with E-state index in [9.17, 15) is 8.42 Å². The van der Waals surface area contributed by atoms with E-state index in [2.05, 4.69) is 9.88 Å². The van der Waals surface area contributed by atoms with Gasteiger partial charge in [-0.1, -0.05) is 18.2 Å². The van der Waals surface area contributed by atoms with Crippen molar-refractivity contribution >= 4 is 9.84 Å². The maximum Gasteiger partial charge on any atom is 0.231 e. The predicted molar refractivity (Wildman–Crippen MR) is 111 cm³/mol. The number of likely N-dealkylation sites (tertiary alicyclic amines) is 1. The van der Waals surface area contributed by atoms with Crippen molar-refractivity contribution in [3.8, 4) is 22.6 Å². The molecule has 4 heterocycles. The molecule has 7 heteroatoms. The highest BCUT2D eigenvalue weighted by molar-refractivity contribution is 7.92. The van der Waals surface area contributed by atoms with Gasteiger partial charge in [0.15, 0.2) is 21.3 Å². The van der Waals surface area contributed by atoms with E-state index in [1.54, 1.807) is 12.3 Å². The normalized spacial score (nSPS) is 23.3. The van der Waals surface area contributed by atoms with Crippen molar-refractivity contribution in [3.05, 3.63) is 72.1 Å². The monoisotopic (exact) mass is 420 g/mol. The van der Waals surface area contributed by atoms with Crippen molar-refractivity contribution in [3.63, 3.8) is 0 Å². The average molecular weight is 420 g/mol. The molecular weight excluding hydrogens is 400 g/mol. The van der Waals surface area contributed by atoms with Gasteiger partial charge in [0.05, 0.1) is 10.1 Å². The summed E-state index contributed by atoms with van der Waals surface area (Å²) in [7, 11) is -3.32. The first-order valence-electron chi connectivity index (χ1n) is 9.99. The summed E-state index contributed by atoms with van der Waals surface area (Å²) in [5.41, 5.74) is 4.04. The number of rotatable bonds is 3. The van der Waals surface area contributed by atoms with Gasteiger partial charge in [0.2, 0.25) is 6.79 Å². The molecule has 0 amide bonds. The Morgan fingerprint density at radius 1 is 1.00 bits per heavy atom. The van der Waals surface area contributed by atoms with E-state index in [1.807, 2.05) is 48.7 Å². The van der Waals surface area contributed by atoms with Crippen LogP contribution in [0.1, 0.15) is 17.0 Å². The van der Waals surface area contributed by atoms with Gasteiger partial charge in [-0.15, -0.1) is 0 Å². The average Bonchev–Trinajstić information content (AvgIpc) is 3.45. The minimum Gasteiger partial charge on any atom is -0.454 e. The fraction of sp³-hybridized carbons (Fsp3) is 0.261. The third kappa shape index (κ3) is 2.73. The van der Waals surface area contributed by atoms with E-state index in [1.165, 1.54) is 0 Å². The molecule has 0 aliphatic carbocycles. The lowest BCUT2D eigenvalue weighted by molar-refractivity contribution is 0.174. The van der Waals surface area contributed by atoms with Crippen LogP contribution in [0.25, 0.3) is 11.1 Å². The molecule has 0 spiro atoms. The summed E-state index contributed by atoms with van der Waals surface area (Å²) in [4.78, 5) is 6.91. The van der Waals surface area contributed by atoms with Gasteiger partial charge in [-0.05, 0) is 52.6 Å². The van der Waals surface area contributed by atoms with Crippen LogP contribution in [0.4, 0.5) is 0 Å². The van der Waals surface area contributed by atoms with E-state index in [0.29, 0.717) is 18.0 Å². The molecule has 1 fully saturated rings. The van der Waals surface area contributed by atoms with Crippen molar-refractivity contribution in [2.45, 2.75) is 22.6 Å². The van der Waals surface area contributed by atoms with Crippen LogP contribution in [0, 0.1) is 0 Å². The molecule has 1 saturated heterocycles. The molecule has 3 aliphatic heterocycles. The van der Waals surface area contributed by atoms with E-state index in [-0.39, 0.29) is 18.0 Å². The van der Waals surface area contributed by atoms with E-state index < -0.39 is 9.84 Å². The molecule has 0 bridgehead atoms. The zero-order valence-corrected chi connectivity index (χ0v) is 17.0. The van der Waals surface area contributed by atoms with Gasteiger partial charge in [0.1, 0.15) is 0 Å². The third-order valence-corrected chi connectivity index (χ3v) is 8.55. The van der Waals surface area contributed by atoms with E-state index in [0.717, 1.165) is 40.3 Å². The van der Waals surface area contributed by atoms with E-state index in [4.69, 9.17) is 9.47 Å². The lowest BCUT2D eigenvalue weighted by Gasteiger charge is -2.18. The number of sulfone groups is 1. The number of aromatic nitrogens is 1. The molecule has 6 rings (SSSR count). The Bertz CT molecular complexity index is 1240. The Morgan fingerprint density at radius 2 is 1.90 bits per heavy atom. The van der Waals surface area contributed by atoms with Crippen LogP contribution < -0.4 is 9.47 Å². The topological polar surface area (TPSA) is 68.7 Å². The molecule has 0 unspecified atom stereocenters. The van der Waals surface area contributed by atoms with Crippen LogP contribution in [0.15, 0.2) is 65.8 Å². The molecule has 2 atom stereocenters. The lowest BCUT2D eigenvalue weighted by atomic mass is 9.95. The number of benzene rings is 2. The van der Waals surface area contributed by atoms with Gasteiger partial charge in [-0.2, -0.15) is 0 Å². The third-order valence-electron chi connectivity index (χ3n) is 6.29. The first-order chi connectivity index (χ1) is 14.6. The summed E-state index contributed by atoms with van der Waals surface area (Å²) < 4.78 is 37.2. The number of hydrogen-bond donors (Lipinski definition) is 0. The van der Waals surface area contributed by atoms with Gasteiger partial charge in [-0.3, -0.25) is 9.88 Å². The summed E-state index contributed by atoms with van der Waals surface area (Å²) in [5.74, 6) is 1.51. The zero-order chi connectivity index (χ0) is 20.3. The van der Waals surface area contributed by atoms with Crippen LogP contribution in [0.5, 0.6) is 11.5 Å². The smallest absolute Gasteiger partial charge is 0.231 e. The van der Waals surface area contributed by atoms with Crippen LogP contribution in [0.3, 0.4) is 0 Å². The Morgan fingerprint density at radius 3 is 2.77 bits per heavy atom. The Balaban J connectivity index is 1.30. The molecule has 0 radical (unpaired) electrons. The zero-order valence-electron chi connectivity index (χ0n) is 16.2. The summed E-state index contributed by atoms with van der Waals surface area (Å²) in [5, 5.41) is -0.384. The number of fused-ring (bicyclic) bond motifs is 4. The number of ether oxygens (including phenoxy) is 2. The van der Waals surface area contributed by atoms with Gasteiger partial charge < -0.3 is 9.47 Å². The van der Waals surface area contributed by atoms with Crippen LogP contribution in [-0.4, -0.2) is 43.4 Å². The van der Waals surface area contributed by atoms with Gasteiger partial charge in [0.25, 0.3) is 0 Å². The highest BCUT2D eigenvalue weighted by atomic mass is 32.2. The second-order valence-electron chi connectivity index (χ2n) is 8.07. The van der Waals surface area contributed by atoms with Crippen LogP contribution >= 0.6 is 0 Å². The highest BCUT2D eigenvalue weighted by Gasteiger charge is 2.50. The molecule has 30 heavy (non-hydrogen) atoms. The Kier molecular flexibility index (Phi) is 3.91. The van der Waals surface area contributed by atoms with Crippen molar-refractivity contribution in [1.82, 2.24) is 9.88 Å². The summed E-state index contributed by atoms with van der Waals surface area (Å²) in [6.07, 6.45) is 3.55. The van der Waals surface area contributed by atoms with E-state index >= 15 is 0 Å². The van der Waals surface area contributed by atoms with Gasteiger partial charge in [0, 0.05) is 37.9 Å². The molecule has 3 aliphatic rings. The fourth-order valence-corrected chi connectivity index (χ4v) is 7.06. The molecular formula is C23H20N2O4S. The summed E-state index contributed by atoms with van der Waals surface area (Å²) >= 11 is 0. The van der Waals surface area contributed by atoms with Gasteiger partial charge in [-0.25, -0.2) is 8.42 Å². The van der Waals surface area contributed by atoms with Crippen molar-refractivity contribution < 1.29 is 17.9 Å². The largest absolute Gasteiger partial charge is 0.454 e. The van der Waals surface area contributed by atoms with Crippen molar-refractivity contribution in [1.29, 1.82) is 0 Å². The Labute approximate surface area is 175 Å². The first-order valence-corrected chi connectivity index (χ1v) is 11.5. The maximum atomic E-state index is 13.2. The molecule has 3 aromatic rings. The maximum absolute atomic E-state index is 13.2. The Hall–Kier alpha value is -2.90. The molecule has 152 valence electrons. The summed E-state index contributed by atoms with van der Waals surface area (Å²) in [6, 6.07) is 15.5. The fourth-order valence-electron chi connectivity index (χ4n) is 4.87. The number of hydrogen-bond acceptors (Lipinski definition) is 6.